The van der Waals surface area contributed by atoms with Crippen LogP contribution in [0, 0.1) is 23.2 Å². The number of ether oxygens (including phenoxy) is 1. The summed E-state index contributed by atoms with van der Waals surface area (Å²) in [6.07, 6.45) is 10.2. The largest absolute Gasteiger partial charge is 0.479 e. The van der Waals surface area contributed by atoms with Crippen LogP contribution in [0.5, 0.6) is 5.75 Å². The minimum atomic E-state index is -0.0721. The molecule has 0 spiro atoms. The third-order valence-electron chi connectivity index (χ3n) is 5.77. The maximum absolute atomic E-state index is 12.5. The molecule has 2 aliphatic carbocycles. The van der Waals surface area contributed by atoms with Crippen LogP contribution in [-0.4, -0.2) is 18.7 Å². The zero-order valence-electron chi connectivity index (χ0n) is 15.4. The number of hydrogen-bond acceptors (Lipinski definition) is 3. The van der Waals surface area contributed by atoms with Crippen molar-refractivity contribution in [3.63, 3.8) is 0 Å². The second-order valence-electron chi connectivity index (χ2n) is 7.54. The average Bonchev–Trinajstić information content (AvgIpc) is 3.37. The number of rotatable bonds is 7. The Morgan fingerprint density at radius 1 is 1.15 bits per heavy atom. The van der Waals surface area contributed by atoms with Gasteiger partial charge in [0.25, 0.3) is 0 Å². The Hall–Kier alpha value is -2.22. The fraction of sp³-hybridized carbons (Fsp3) is 0.619. The second-order valence-corrected chi connectivity index (χ2v) is 7.54. The van der Waals surface area contributed by atoms with Crippen LogP contribution >= 0.6 is 0 Å². The van der Waals surface area contributed by atoms with Crippen LogP contribution in [0.25, 0.3) is 0 Å². The van der Waals surface area contributed by atoms with E-state index in [-0.39, 0.29) is 12.6 Å². The molecule has 0 bridgehead atoms. The summed E-state index contributed by atoms with van der Waals surface area (Å²) in [5.74, 6) is 1.94. The first-order chi connectivity index (χ1) is 12.8. The normalized spacial score (nSPS) is 18.0. The predicted molar refractivity (Wildman–Crippen MR) is 101 cm³/mol. The van der Waals surface area contributed by atoms with Gasteiger partial charge in [-0.1, -0.05) is 37.8 Å². The van der Waals surface area contributed by atoms with Gasteiger partial charge in [-0.3, -0.25) is 0 Å². The van der Waals surface area contributed by atoms with E-state index in [1.165, 1.54) is 51.4 Å². The van der Waals surface area contributed by atoms with Crippen molar-refractivity contribution in [2.75, 3.05) is 6.61 Å². The first kappa shape index (κ1) is 18.6. The molecular weight excluding hydrogens is 326 g/mol. The van der Waals surface area contributed by atoms with Gasteiger partial charge in [0, 0.05) is 12.6 Å². The van der Waals surface area contributed by atoms with Gasteiger partial charge in [0.05, 0.1) is 0 Å². The number of nitrogens with one attached hydrogen (secondary N) is 2. The summed E-state index contributed by atoms with van der Waals surface area (Å²) in [4.78, 5) is 12.5. The standard InChI is InChI=1S/C21H29N3O2/c22-12-13-26-19-11-5-6-16(14-19)15-23-21(25)24-20(17-7-1-2-8-17)18-9-3-4-10-18/h5-6,11,14,17-18,20H,1-4,7-10,13,15H2,(H2,23,24,25). The number of hydrogen-bond donors (Lipinski definition) is 2. The van der Waals surface area contributed by atoms with Crippen LogP contribution < -0.4 is 15.4 Å². The lowest BCUT2D eigenvalue weighted by Gasteiger charge is -2.30. The lowest BCUT2D eigenvalue weighted by Crippen LogP contribution is -2.48. The Labute approximate surface area is 156 Å². The molecule has 0 heterocycles. The number of urea groups is 1. The van der Waals surface area contributed by atoms with Crippen molar-refractivity contribution in [1.82, 2.24) is 10.6 Å². The van der Waals surface area contributed by atoms with E-state index in [4.69, 9.17) is 10.00 Å². The smallest absolute Gasteiger partial charge is 0.315 e. The highest BCUT2D eigenvalue weighted by Crippen LogP contribution is 2.37. The molecule has 2 fully saturated rings. The van der Waals surface area contributed by atoms with Gasteiger partial charge in [-0.25, -0.2) is 4.79 Å². The molecule has 0 atom stereocenters. The van der Waals surface area contributed by atoms with E-state index in [1.807, 2.05) is 30.3 Å². The van der Waals surface area contributed by atoms with Gasteiger partial charge < -0.3 is 15.4 Å². The molecule has 0 radical (unpaired) electrons. The lowest BCUT2D eigenvalue weighted by atomic mass is 9.86. The highest BCUT2D eigenvalue weighted by molar-refractivity contribution is 5.74. The van der Waals surface area contributed by atoms with E-state index in [9.17, 15) is 4.79 Å². The first-order valence-corrected chi connectivity index (χ1v) is 9.89. The van der Waals surface area contributed by atoms with Gasteiger partial charge in [0.2, 0.25) is 0 Å². The molecule has 0 unspecified atom stereocenters. The van der Waals surface area contributed by atoms with Crippen molar-refractivity contribution in [3.8, 4) is 11.8 Å². The van der Waals surface area contributed by atoms with Crippen molar-refractivity contribution in [2.45, 2.75) is 64.0 Å². The molecule has 5 nitrogen and oxygen atoms in total. The molecule has 2 saturated carbocycles. The number of nitrogens with zero attached hydrogens (tertiary/aromatic N) is 1. The average molecular weight is 355 g/mol. The van der Waals surface area contributed by atoms with Crippen LogP contribution in [0.3, 0.4) is 0 Å². The predicted octanol–water partition coefficient (Wildman–Crippen LogP) is 4.14. The van der Waals surface area contributed by atoms with Gasteiger partial charge in [0.15, 0.2) is 6.61 Å². The topological polar surface area (TPSA) is 74.1 Å². The molecule has 3 rings (SSSR count). The van der Waals surface area contributed by atoms with E-state index in [1.54, 1.807) is 0 Å². The van der Waals surface area contributed by atoms with Crippen LogP contribution in [0.15, 0.2) is 24.3 Å². The highest BCUT2D eigenvalue weighted by Gasteiger charge is 2.34. The quantitative estimate of drug-likeness (QED) is 0.772. The Bertz CT molecular complexity index is 612. The van der Waals surface area contributed by atoms with Crippen LogP contribution in [0.4, 0.5) is 4.79 Å². The molecule has 2 aliphatic rings. The summed E-state index contributed by atoms with van der Waals surface area (Å²) < 4.78 is 5.31. The van der Waals surface area contributed by atoms with Crippen molar-refractivity contribution in [1.29, 1.82) is 5.26 Å². The van der Waals surface area contributed by atoms with Crippen molar-refractivity contribution in [2.24, 2.45) is 11.8 Å². The number of carbonyl (C=O) groups is 1. The Morgan fingerprint density at radius 2 is 1.81 bits per heavy atom. The summed E-state index contributed by atoms with van der Waals surface area (Å²) >= 11 is 0. The van der Waals surface area contributed by atoms with E-state index < -0.39 is 0 Å². The Kier molecular flexibility index (Phi) is 6.76. The molecule has 26 heavy (non-hydrogen) atoms. The summed E-state index contributed by atoms with van der Waals surface area (Å²) in [6.45, 7) is 0.486. The molecular formula is C21H29N3O2. The third-order valence-corrected chi connectivity index (χ3v) is 5.77. The van der Waals surface area contributed by atoms with Gasteiger partial charge in [0.1, 0.15) is 11.8 Å². The molecule has 140 valence electrons. The highest BCUT2D eigenvalue weighted by atomic mass is 16.5. The fourth-order valence-electron chi connectivity index (χ4n) is 4.50. The van der Waals surface area contributed by atoms with E-state index in [2.05, 4.69) is 10.6 Å². The molecule has 1 aromatic carbocycles. The maximum atomic E-state index is 12.5. The van der Waals surface area contributed by atoms with E-state index in [0.29, 0.717) is 30.2 Å². The summed E-state index contributed by atoms with van der Waals surface area (Å²) in [6, 6.07) is 9.72. The number of amides is 2. The minimum Gasteiger partial charge on any atom is -0.479 e. The van der Waals surface area contributed by atoms with Gasteiger partial charge in [-0.15, -0.1) is 0 Å². The third kappa shape index (κ3) is 5.14. The van der Waals surface area contributed by atoms with Crippen molar-refractivity contribution >= 4 is 6.03 Å². The Balaban J connectivity index is 1.52. The van der Waals surface area contributed by atoms with Gasteiger partial charge in [-0.05, 0) is 55.2 Å². The van der Waals surface area contributed by atoms with E-state index >= 15 is 0 Å². The lowest BCUT2D eigenvalue weighted by molar-refractivity contribution is 0.215. The molecule has 1 aromatic rings. The summed E-state index contributed by atoms with van der Waals surface area (Å²) in [5.41, 5.74) is 0.967. The molecule has 2 N–H and O–H groups in total. The first-order valence-electron chi connectivity index (χ1n) is 9.89. The van der Waals surface area contributed by atoms with Crippen molar-refractivity contribution in [3.05, 3.63) is 29.8 Å². The summed E-state index contributed by atoms with van der Waals surface area (Å²) in [7, 11) is 0. The monoisotopic (exact) mass is 355 g/mol. The van der Waals surface area contributed by atoms with Crippen LogP contribution in [-0.2, 0) is 6.54 Å². The maximum Gasteiger partial charge on any atom is 0.315 e. The molecule has 0 aliphatic heterocycles. The van der Waals surface area contributed by atoms with Crippen LogP contribution in [0.1, 0.15) is 56.9 Å². The van der Waals surface area contributed by atoms with Crippen LogP contribution in [0.2, 0.25) is 0 Å². The zero-order valence-corrected chi connectivity index (χ0v) is 15.4. The molecule has 5 heteroatoms. The number of carbonyl (C=O) groups excluding carboxylic acids is 1. The number of nitriles is 1. The molecule has 0 saturated heterocycles. The molecule has 2 amide bonds. The van der Waals surface area contributed by atoms with Crippen molar-refractivity contribution < 1.29 is 9.53 Å². The zero-order chi connectivity index (χ0) is 18.2. The Morgan fingerprint density at radius 3 is 2.42 bits per heavy atom. The summed E-state index contributed by atoms with van der Waals surface area (Å²) in [5, 5.41) is 14.9. The second kappa shape index (κ2) is 9.47. The number of benzene rings is 1. The minimum absolute atomic E-state index is 0.0296. The SMILES string of the molecule is N#CCOc1cccc(CNC(=O)NC(C2CCCC2)C2CCCC2)c1. The van der Waals surface area contributed by atoms with Gasteiger partial charge in [-0.2, -0.15) is 5.26 Å². The van der Waals surface area contributed by atoms with Gasteiger partial charge >= 0.3 is 6.03 Å². The van der Waals surface area contributed by atoms with E-state index in [0.717, 1.165) is 5.56 Å². The molecule has 0 aromatic heterocycles. The fourth-order valence-corrected chi connectivity index (χ4v) is 4.50.